The van der Waals surface area contributed by atoms with Gasteiger partial charge in [-0.15, -0.1) is 21.8 Å². The number of carbonyl (C=O) groups excluding carboxylic acids is 1. The predicted octanol–water partition coefficient (Wildman–Crippen LogP) is 11.2. The van der Waals surface area contributed by atoms with Gasteiger partial charge in [0, 0.05) is 71.8 Å². The molecule has 0 saturated carbocycles. The molecule has 1 aliphatic rings. The third-order valence-electron chi connectivity index (χ3n) is 16.9. The summed E-state index contributed by atoms with van der Waals surface area (Å²) in [7, 11) is -1.78. The van der Waals surface area contributed by atoms with Crippen molar-refractivity contribution >= 4 is 179 Å². The molecule has 0 atom stereocenters. The first-order chi connectivity index (χ1) is 54.9. The van der Waals surface area contributed by atoms with Gasteiger partial charge in [0.15, 0.2) is 50.1 Å². The van der Waals surface area contributed by atoms with Crippen LogP contribution in [-0.4, -0.2) is 146 Å². The molecule has 4 aromatic carbocycles. The second-order valence-corrected chi connectivity index (χ2v) is 27.0. The predicted molar refractivity (Wildman–Crippen MR) is 437 cm³/mol. The lowest BCUT2D eigenvalue weighted by molar-refractivity contribution is -0.105. The summed E-state index contributed by atoms with van der Waals surface area (Å²) in [6.07, 6.45) is 17.6. The Hall–Kier alpha value is -13.4. The SMILES string of the molecule is CC1(C)OB(c2ccc3oc(N)nc3c2)OC1(C)C.Clc1ccc2nccn2n1.Nc1ccc(Cl)nn1.Nc1nc2cc(-c3ccc4ncc(-c5ccncc5)n4n3)ccc2o1.Nc1nc2cc(-c3ccc4ncc(Br)n4n3)ccc2o1.Nc1nc2cc(-c3ccc4nccn4n3)ccc2o1.O=CCCl.OB(O)c1ccncc1. The molecule has 0 amide bonds. The Bertz CT molecular complexity index is 6470. The Morgan fingerprint density at radius 3 is 1.38 bits per heavy atom. The Kier molecular flexibility index (Phi) is 24.1. The minimum absolute atomic E-state index is 0.111. The number of halogens is 4. The highest BCUT2D eigenvalue weighted by Gasteiger charge is 2.51. The van der Waals surface area contributed by atoms with Crippen molar-refractivity contribution in [3.63, 3.8) is 0 Å². The van der Waals surface area contributed by atoms with Gasteiger partial charge in [0.1, 0.15) is 43.9 Å². The van der Waals surface area contributed by atoms with Crippen LogP contribution in [0.25, 0.3) is 112 Å². The number of nitrogens with zero attached hydrogens (tertiary/aromatic N) is 20. The number of benzene rings is 4. The van der Waals surface area contributed by atoms with Gasteiger partial charge in [0.2, 0.25) is 0 Å². The highest BCUT2D eigenvalue weighted by Crippen LogP contribution is 2.37. The monoisotopic (exact) mass is 1650 g/mol. The van der Waals surface area contributed by atoms with Gasteiger partial charge in [0.25, 0.3) is 24.1 Å². The van der Waals surface area contributed by atoms with Gasteiger partial charge < -0.3 is 70.5 Å². The lowest BCUT2D eigenvalue weighted by Gasteiger charge is -2.32. The second kappa shape index (κ2) is 34.9. The molecule has 0 radical (unpaired) electrons. The van der Waals surface area contributed by atoms with Crippen LogP contribution in [0.1, 0.15) is 27.7 Å². The van der Waals surface area contributed by atoms with Crippen molar-refractivity contribution in [1.29, 1.82) is 0 Å². The Morgan fingerprint density at radius 1 is 0.474 bits per heavy atom. The van der Waals surface area contributed by atoms with Gasteiger partial charge in [-0.2, -0.15) is 40.3 Å². The van der Waals surface area contributed by atoms with E-state index in [-0.39, 0.29) is 41.1 Å². The molecule has 1 aliphatic heterocycles. The number of rotatable bonds is 7. The maximum absolute atomic E-state index is 9.04. The van der Waals surface area contributed by atoms with E-state index >= 15 is 0 Å². The smallest absolute Gasteiger partial charge is 0.424 e. The van der Waals surface area contributed by atoms with Crippen molar-refractivity contribution in [3.8, 4) is 45.0 Å². The number of hydrogen-bond acceptors (Lipinski definition) is 30. The average molecular weight is 1650 g/mol. The zero-order valence-corrected chi connectivity index (χ0v) is 64.2. The van der Waals surface area contributed by atoms with E-state index in [2.05, 4.69) is 91.3 Å². The number of oxazole rings is 4. The van der Waals surface area contributed by atoms with Crippen molar-refractivity contribution in [2.24, 2.45) is 0 Å². The summed E-state index contributed by atoms with van der Waals surface area (Å²) in [5.74, 6) is 0.495. The van der Waals surface area contributed by atoms with Crippen LogP contribution >= 0.6 is 50.7 Å². The molecule has 34 nitrogen and oxygen atoms in total. The molecule has 0 unspecified atom stereocenters. The summed E-state index contributed by atoms with van der Waals surface area (Å²) in [4.78, 5) is 50.1. The molecule has 12 N–H and O–H groups in total. The molecule has 0 spiro atoms. The minimum atomic E-state index is -1.38. The number of nitrogens with two attached hydrogens (primary N) is 5. The second-order valence-electron chi connectivity index (χ2n) is 25.1. The molecule has 0 bridgehead atoms. The number of aromatic nitrogens is 20. The Labute approximate surface area is 668 Å². The summed E-state index contributed by atoms with van der Waals surface area (Å²) in [5, 5.41) is 42.6. The number of pyridine rings is 2. The summed E-state index contributed by atoms with van der Waals surface area (Å²) < 4.78 is 40.8. The number of anilines is 5. The molecule has 15 aromatic heterocycles. The van der Waals surface area contributed by atoms with Crippen LogP contribution in [0.2, 0.25) is 10.3 Å². The van der Waals surface area contributed by atoms with Gasteiger partial charge in [-0.1, -0.05) is 29.3 Å². The summed E-state index contributed by atoms with van der Waals surface area (Å²) in [5.41, 5.74) is 44.0. The molecule has 114 heavy (non-hydrogen) atoms. The van der Waals surface area contributed by atoms with E-state index in [1.807, 2.05) is 172 Å². The fourth-order valence-corrected chi connectivity index (χ4v) is 11.4. The zero-order chi connectivity index (χ0) is 80.2. The molecule has 16 heterocycles. The van der Waals surface area contributed by atoms with Crippen molar-refractivity contribution in [3.05, 3.63) is 235 Å². The van der Waals surface area contributed by atoms with Crippen LogP contribution in [0, 0.1) is 0 Å². The number of hydrogen-bond donors (Lipinski definition) is 7. The fourth-order valence-electron chi connectivity index (χ4n) is 10.8. The quantitative estimate of drug-likeness (QED) is 0.0443. The molecule has 19 aromatic rings. The molecule has 0 aliphatic carbocycles. The number of carbonyl (C=O) groups is 1. The number of fused-ring (bicyclic) bond motifs is 8. The molecule has 572 valence electrons. The first-order valence-corrected chi connectivity index (χ1v) is 36.0. The third-order valence-corrected chi connectivity index (χ3v) is 18.0. The van der Waals surface area contributed by atoms with Crippen LogP contribution < -0.4 is 39.6 Å². The maximum atomic E-state index is 9.04. The van der Waals surface area contributed by atoms with Gasteiger partial charge in [-0.25, -0.2) is 38.0 Å². The molecular weight excluding hydrogens is 1590 g/mol. The van der Waals surface area contributed by atoms with E-state index in [1.54, 1.807) is 81.1 Å². The average Bonchev–Trinajstić information content (AvgIpc) is 1.62. The van der Waals surface area contributed by atoms with Crippen LogP contribution in [-0.2, 0) is 14.1 Å². The van der Waals surface area contributed by atoms with E-state index in [9.17, 15) is 0 Å². The van der Waals surface area contributed by atoms with Crippen LogP contribution in [0.15, 0.2) is 242 Å². The van der Waals surface area contributed by atoms with E-state index in [0.29, 0.717) is 66.8 Å². The van der Waals surface area contributed by atoms with Crippen molar-refractivity contribution < 1.29 is 41.8 Å². The Balaban J connectivity index is 0.000000119. The lowest BCUT2D eigenvalue weighted by Crippen LogP contribution is -2.41. The normalized spacial score (nSPS) is 12.4. The topological polar surface area (TPSA) is 483 Å². The van der Waals surface area contributed by atoms with Gasteiger partial charge in [-0.3, -0.25) is 9.97 Å². The molecule has 1 fully saturated rings. The lowest BCUT2D eigenvalue weighted by atomic mass is 9.79. The molecule has 1 saturated heterocycles. The van der Waals surface area contributed by atoms with Crippen LogP contribution in [0.4, 0.5) is 29.9 Å². The first-order valence-electron chi connectivity index (χ1n) is 34.0. The summed E-state index contributed by atoms with van der Waals surface area (Å²) in [6.45, 7) is 8.11. The first kappa shape index (κ1) is 78.7. The fraction of sp³-hybridized carbons (Fsp3) is 0.0946. The highest BCUT2D eigenvalue weighted by atomic mass is 79.9. The number of imidazole rings is 4. The number of aldehydes is 1. The van der Waals surface area contributed by atoms with E-state index in [4.69, 9.17) is 110 Å². The zero-order valence-electron chi connectivity index (χ0n) is 60.3. The van der Waals surface area contributed by atoms with E-state index in [1.165, 1.54) is 12.4 Å². The number of nitrogen functional groups attached to an aromatic ring is 5. The van der Waals surface area contributed by atoms with Gasteiger partial charge in [0.05, 0.1) is 52.3 Å². The number of alkyl halides is 1. The summed E-state index contributed by atoms with van der Waals surface area (Å²) >= 11 is 19.2. The molecule has 20 rings (SSSR count). The van der Waals surface area contributed by atoms with E-state index < -0.39 is 14.2 Å². The van der Waals surface area contributed by atoms with Crippen molar-refractivity contribution in [1.82, 2.24) is 98.5 Å². The van der Waals surface area contributed by atoms with Crippen molar-refractivity contribution in [2.45, 2.75) is 38.9 Å². The molecular formula is C74H63B2BrCl3N25O9. The highest BCUT2D eigenvalue weighted by molar-refractivity contribution is 9.10. The minimum Gasteiger partial charge on any atom is -0.424 e. The molecule has 40 heteroatoms. The van der Waals surface area contributed by atoms with Gasteiger partial charge in [-0.05, 0) is 206 Å². The summed E-state index contributed by atoms with van der Waals surface area (Å²) in [6, 6.07) is 48.5. The van der Waals surface area contributed by atoms with E-state index in [0.717, 1.165) is 83.2 Å². The van der Waals surface area contributed by atoms with Crippen LogP contribution in [0.3, 0.4) is 0 Å². The third kappa shape index (κ3) is 19.0. The van der Waals surface area contributed by atoms with Crippen LogP contribution in [0.5, 0.6) is 0 Å². The Morgan fingerprint density at radius 2 is 0.904 bits per heavy atom. The van der Waals surface area contributed by atoms with Crippen molar-refractivity contribution in [2.75, 3.05) is 34.5 Å². The standard InChI is InChI=1S/C18H12N6O.C13H17BN2O3.C13H8BrN5O.C13H9N5O.C6H4ClN3.C5H6BNO2.C4H4ClN3.C2H3ClO/c19-18-22-14-9-12(1-3-16(14)25-18)13-2-4-17-21-10-15(24(17)23-13)11-5-7-20-8-6-11;1-12(2)13(3,4)19-14(18-12)8-5-6-10-9(7-8)16-11(15)17-10;14-11-6-16-12-4-2-8(18-19(11)12)7-1-3-10-9(5-7)17-13(15)20-10;14-13-16-10-7-8(1-3-11(10)19-13)9-2-4-12-15-5-6-18(12)17-9;7-5-1-2-6-8-3-4-10(6)9-5;8-6(9)5-1-3-7-4-2-5;5-3-1-2-4(6)8-7-3;3-1-2-4/h1-10H,(H2,19,22);5-7H,1-4H3,(H2,15,16);1-6H,(H2,15,17);1-7H,(H2,14,16);1-4H;1-4,8-9H;1-2H,(H2,6,8);2H,1H2. The largest absolute Gasteiger partial charge is 0.494 e. The maximum Gasteiger partial charge on any atom is 0.494 e. The van der Waals surface area contributed by atoms with Gasteiger partial charge >= 0.3 is 14.2 Å².